The Balaban J connectivity index is 1.82. The third-order valence-electron chi connectivity index (χ3n) is 3.10. The molecule has 0 aliphatic heterocycles. The van der Waals surface area contributed by atoms with Gasteiger partial charge < -0.3 is 10.1 Å². The van der Waals surface area contributed by atoms with E-state index in [0.717, 1.165) is 11.3 Å². The summed E-state index contributed by atoms with van der Waals surface area (Å²) in [6, 6.07) is 11.6. The predicted molar refractivity (Wildman–Crippen MR) is 97.5 cm³/mol. The first-order valence-corrected chi connectivity index (χ1v) is 7.94. The van der Waals surface area contributed by atoms with Crippen molar-refractivity contribution in [3.63, 3.8) is 0 Å². The molecule has 0 aliphatic rings. The molecule has 8 heteroatoms. The molecule has 130 valence electrons. The van der Waals surface area contributed by atoms with Crippen molar-refractivity contribution in [1.29, 1.82) is 0 Å². The topological polar surface area (TPSA) is 79.8 Å². The van der Waals surface area contributed by atoms with E-state index in [-0.39, 0.29) is 17.1 Å². The zero-order valence-corrected chi connectivity index (χ0v) is 14.8. The fraction of sp³-hybridized carbons (Fsp3) is 0.118. The summed E-state index contributed by atoms with van der Waals surface area (Å²) in [5, 5.41) is 6.89. The highest BCUT2D eigenvalue weighted by atomic mass is 35.5. The lowest BCUT2D eigenvalue weighted by Crippen LogP contribution is -2.35. The molecule has 0 spiro atoms. The van der Waals surface area contributed by atoms with Crippen molar-refractivity contribution < 1.29 is 14.3 Å². The second kappa shape index (κ2) is 9.05. The lowest BCUT2D eigenvalue weighted by atomic mass is 10.2. The van der Waals surface area contributed by atoms with Crippen LogP contribution in [0.1, 0.15) is 15.9 Å². The van der Waals surface area contributed by atoms with Gasteiger partial charge in [0.1, 0.15) is 5.75 Å². The molecule has 2 aromatic carbocycles. The fourth-order valence-corrected chi connectivity index (χ4v) is 2.21. The number of carbonyl (C=O) groups excluding carboxylic acids is 2. The first-order chi connectivity index (χ1) is 12.0. The number of hydrazone groups is 1. The first kappa shape index (κ1) is 18.8. The Kier molecular flexibility index (Phi) is 6.80. The molecule has 0 atom stereocenters. The minimum absolute atomic E-state index is 0.198. The Morgan fingerprint density at radius 2 is 1.88 bits per heavy atom. The van der Waals surface area contributed by atoms with Gasteiger partial charge in [-0.25, -0.2) is 5.43 Å². The van der Waals surface area contributed by atoms with Crippen molar-refractivity contribution in [2.45, 2.75) is 0 Å². The van der Waals surface area contributed by atoms with Crippen LogP contribution in [0.3, 0.4) is 0 Å². The summed E-state index contributed by atoms with van der Waals surface area (Å²) in [7, 11) is 1.58. The Morgan fingerprint density at radius 3 is 2.56 bits per heavy atom. The molecule has 0 fully saturated rings. The average molecular weight is 380 g/mol. The molecule has 0 saturated carbocycles. The Labute approximate surface area is 154 Å². The molecule has 25 heavy (non-hydrogen) atoms. The fourth-order valence-electron chi connectivity index (χ4n) is 1.84. The van der Waals surface area contributed by atoms with Crippen LogP contribution in [-0.2, 0) is 4.79 Å². The van der Waals surface area contributed by atoms with E-state index in [4.69, 9.17) is 27.9 Å². The van der Waals surface area contributed by atoms with Crippen LogP contribution in [-0.4, -0.2) is 31.7 Å². The van der Waals surface area contributed by atoms with Crippen LogP contribution in [0.5, 0.6) is 5.75 Å². The summed E-state index contributed by atoms with van der Waals surface area (Å²) >= 11 is 11.8. The Hall–Kier alpha value is -2.57. The number of methoxy groups -OCH3 is 1. The molecule has 2 aromatic rings. The molecule has 0 saturated heterocycles. The van der Waals surface area contributed by atoms with E-state index in [2.05, 4.69) is 15.8 Å². The predicted octanol–water partition coefficient (Wildman–Crippen LogP) is 2.88. The molecular weight excluding hydrogens is 365 g/mol. The van der Waals surface area contributed by atoms with Gasteiger partial charge >= 0.3 is 0 Å². The van der Waals surface area contributed by atoms with E-state index in [1.165, 1.54) is 18.3 Å². The maximum Gasteiger partial charge on any atom is 0.259 e. The Morgan fingerprint density at radius 1 is 1.16 bits per heavy atom. The van der Waals surface area contributed by atoms with E-state index in [1.807, 2.05) is 0 Å². The monoisotopic (exact) mass is 379 g/mol. The maximum atomic E-state index is 12.0. The molecule has 2 N–H and O–H groups in total. The summed E-state index contributed by atoms with van der Waals surface area (Å²) < 4.78 is 5.05. The van der Waals surface area contributed by atoms with Gasteiger partial charge in [0.05, 0.1) is 30.5 Å². The zero-order chi connectivity index (χ0) is 18.2. The third kappa shape index (κ3) is 5.77. The van der Waals surface area contributed by atoms with Gasteiger partial charge in [0.25, 0.3) is 11.8 Å². The minimum atomic E-state index is -0.498. The number of ether oxygens (including phenoxy) is 1. The lowest BCUT2D eigenvalue weighted by molar-refractivity contribution is -0.120. The van der Waals surface area contributed by atoms with E-state index in [1.54, 1.807) is 37.4 Å². The van der Waals surface area contributed by atoms with Gasteiger partial charge in [0.15, 0.2) is 0 Å². The zero-order valence-electron chi connectivity index (χ0n) is 13.3. The van der Waals surface area contributed by atoms with Crippen LogP contribution >= 0.6 is 23.2 Å². The van der Waals surface area contributed by atoms with Gasteiger partial charge in [0, 0.05) is 5.02 Å². The van der Waals surface area contributed by atoms with E-state index in [9.17, 15) is 9.59 Å². The first-order valence-electron chi connectivity index (χ1n) is 7.19. The van der Waals surface area contributed by atoms with Gasteiger partial charge in [-0.05, 0) is 48.0 Å². The molecule has 6 nitrogen and oxygen atoms in total. The number of halogens is 2. The molecule has 0 radical (unpaired) electrons. The van der Waals surface area contributed by atoms with Crippen LogP contribution < -0.4 is 15.5 Å². The summed E-state index contributed by atoms with van der Waals surface area (Å²) in [6.07, 6.45) is 1.48. The van der Waals surface area contributed by atoms with Crippen LogP contribution in [0.25, 0.3) is 0 Å². The van der Waals surface area contributed by atoms with Crippen molar-refractivity contribution in [2.75, 3.05) is 13.7 Å². The second-order valence-electron chi connectivity index (χ2n) is 4.87. The van der Waals surface area contributed by atoms with E-state index >= 15 is 0 Å². The second-order valence-corrected chi connectivity index (χ2v) is 5.72. The molecule has 0 bridgehead atoms. The van der Waals surface area contributed by atoms with Crippen LogP contribution in [0.2, 0.25) is 10.0 Å². The number of amides is 2. The van der Waals surface area contributed by atoms with Crippen molar-refractivity contribution >= 4 is 41.2 Å². The molecule has 0 unspecified atom stereocenters. The van der Waals surface area contributed by atoms with Gasteiger partial charge in [-0.1, -0.05) is 23.2 Å². The Bertz CT molecular complexity index is 792. The molecule has 0 aromatic heterocycles. The highest BCUT2D eigenvalue weighted by Gasteiger charge is 2.12. The highest BCUT2D eigenvalue weighted by Crippen LogP contribution is 2.20. The SMILES string of the molecule is COc1ccc(C=NNC(=O)CNC(=O)c2cc(Cl)ccc2Cl)cc1. The van der Waals surface area contributed by atoms with Crippen LogP contribution in [0, 0.1) is 0 Å². The number of hydrogen-bond acceptors (Lipinski definition) is 4. The van der Waals surface area contributed by atoms with E-state index < -0.39 is 11.8 Å². The largest absolute Gasteiger partial charge is 0.497 e. The summed E-state index contributed by atoms with van der Waals surface area (Å²) in [6.45, 7) is -0.248. The van der Waals surface area contributed by atoms with E-state index in [0.29, 0.717) is 5.02 Å². The van der Waals surface area contributed by atoms with Crippen LogP contribution in [0.4, 0.5) is 0 Å². The summed E-state index contributed by atoms with van der Waals surface area (Å²) in [5.74, 6) is -0.248. The van der Waals surface area contributed by atoms with Gasteiger partial charge in [-0.15, -0.1) is 0 Å². The van der Waals surface area contributed by atoms with Gasteiger partial charge in [0.2, 0.25) is 0 Å². The number of nitrogens with zero attached hydrogens (tertiary/aromatic N) is 1. The van der Waals surface area contributed by atoms with Crippen molar-refractivity contribution in [3.05, 3.63) is 63.6 Å². The molecule has 0 heterocycles. The number of benzene rings is 2. The number of hydrogen-bond donors (Lipinski definition) is 2. The van der Waals surface area contributed by atoms with Crippen LogP contribution in [0.15, 0.2) is 47.6 Å². The third-order valence-corrected chi connectivity index (χ3v) is 3.67. The lowest BCUT2D eigenvalue weighted by Gasteiger charge is -2.06. The molecule has 2 amide bonds. The molecular formula is C17H15Cl2N3O3. The summed E-state index contributed by atoms with van der Waals surface area (Å²) in [4.78, 5) is 23.7. The molecule has 0 aliphatic carbocycles. The number of rotatable bonds is 6. The van der Waals surface area contributed by atoms with Crippen molar-refractivity contribution in [1.82, 2.24) is 10.7 Å². The quantitative estimate of drug-likeness (QED) is 0.598. The standard InChI is InChI=1S/C17H15Cl2N3O3/c1-25-13-5-2-11(3-6-13)9-21-22-16(23)10-20-17(24)14-8-12(18)4-7-15(14)19/h2-9H,10H2,1H3,(H,20,24)(H,22,23). The summed E-state index contributed by atoms with van der Waals surface area (Å²) in [5.41, 5.74) is 3.30. The normalized spacial score (nSPS) is 10.5. The smallest absolute Gasteiger partial charge is 0.259 e. The number of nitrogens with one attached hydrogen (secondary N) is 2. The highest BCUT2D eigenvalue weighted by molar-refractivity contribution is 6.35. The maximum absolute atomic E-state index is 12.0. The van der Waals surface area contributed by atoms with Gasteiger partial charge in [-0.2, -0.15) is 5.10 Å². The minimum Gasteiger partial charge on any atom is -0.497 e. The average Bonchev–Trinajstić information content (AvgIpc) is 2.62. The van der Waals surface area contributed by atoms with Crippen molar-refractivity contribution in [2.24, 2.45) is 5.10 Å². The van der Waals surface area contributed by atoms with Gasteiger partial charge in [-0.3, -0.25) is 9.59 Å². The number of carbonyl (C=O) groups is 2. The van der Waals surface area contributed by atoms with Crippen molar-refractivity contribution in [3.8, 4) is 5.75 Å². The molecule has 2 rings (SSSR count).